The molecule has 0 aromatic heterocycles. The Hall–Kier alpha value is -2.24. The van der Waals surface area contributed by atoms with Crippen molar-refractivity contribution in [1.82, 2.24) is 0 Å². The van der Waals surface area contributed by atoms with Crippen molar-refractivity contribution in [3.05, 3.63) is 59.7 Å². The normalized spacial score (nSPS) is 19.9. The smallest absolute Gasteiger partial charge is 0.115 e. The van der Waals surface area contributed by atoms with E-state index < -0.39 is 42.9 Å². The first kappa shape index (κ1) is 19.5. The summed E-state index contributed by atoms with van der Waals surface area (Å²) < 4.78 is 57.6. The molecule has 0 spiro atoms. The van der Waals surface area contributed by atoms with Crippen molar-refractivity contribution in [2.75, 3.05) is 26.7 Å². The van der Waals surface area contributed by atoms with Crippen LogP contribution in [0.1, 0.15) is 24.0 Å². The van der Waals surface area contributed by atoms with Gasteiger partial charge in [0.05, 0.1) is 26.7 Å². The predicted octanol–water partition coefficient (Wildman–Crippen LogP) is 5.03. The minimum atomic E-state index is -1.65. The number of hydrogen-bond acceptors (Lipinski definition) is 2. The van der Waals surface area contributed by atoms with Crippen molar-refractivity contribution in [3.63, 3.8) is 0 Å². The number of halogens is 4. The first-order valence-electron chi connectivity index (χ1n) is 8.78. The van der Waals surface area contributed by atoms with Crippen molar-refractivity contribution in [1.29, 1.82) is 0 Å². The van der Waals surface area contributed by atoms with Crippen LogP contribution in [0.25, 0.3) is 0 Å². The summed E-state index contributed by atoms with van der Waals surface area (Å²) in [6.45, 7) is -4.36. The third-order valence-electron chi connectivity index (χ3n) is 6.30. The van der Waals surface area contributed by atoms with Gasteiger partial charge in [-0.1, -0.05) is 24.3 Å². The van der Waals surface area contributed by atoms with Gasteiger partial charge < -0.3 is 10.2 Å². The largest absolute Gasteiger partial charge is 0.508 e. The number of hydrogen-bond donors (Lipinski definition) is 2. The van der Waals surface area contributed by atoms with Crippen LogP contribution in [-0.4, -0.2) is 36.9 Å². The van der Waals surface area contributed by atoms with Gasteiger partial charge in [0.25, 0.3) is 0 Å². The van der Waals surface area contributed by atoms with Crippen LogP contribution >= 0.6 is 0 Å². The van der Waals surface area contributed by atoms with Crippen molar-refractivity contribution in [2.45, 2.75) is 18.3 Å². The molecule has 0 radical (unpaired) electrons. The molecule has 2 nitrogen and oxygen atoms in total. The van der Waals surface area contributed by atoms with E-state index in [0.717, 1.165) is 0 Å². The lowest BCUT2D eigenvalue weighted by molar-refractivity contribution is 0.0116. The van der Waals surface area contributed by atoms with E-state index in [9.17, 15) is 27.8 Å². The highest BCUT2D eigenvalue weighted by Gasteiger charge is 2.69. The molecule has 0 amide bonds. The second-order valence-electron chi connectivity index (χ2n) is 7.44. The molecule has 2 aromatic rings. The lowest BCUT2D eigenvalue weighted by Gasteiger charge is -2.52. The zero-order valence-corrected chi connectivity index (χ0v) is 14.8. The van der Waals surface area contributed by atoms with E-state index in [-0.39, 0.29) is 24.3 Å². The molecule has 146 valence electrons. The Morgan fingerprint density at radius 2 is 0.889 bits per heavy atom. The molecule has 1 aliphatic carbocycles. The Labute approximate surface area is 155 Å². The molecule has 6 heteroatoms. The zero-order valence-electron chi connectivity index (χ0n) is 14.8. The van der Waals surface area contributed by atoms with Gasteiger partial charge >= 0.3 is 0 Å². The van der Waals surface area contributed by atoms with Crippen LogP contribution in [-0.2, 0) is 5.41 Å². The number of aromatic hydroxyl groups is 2. The second kappa shape index (κ2) is 7.06. The van der Waals surface area contributed by atoms with Crippen molar-refractivity contribution in [3.8, 4) is 11.5 Å². The summed E-state index contributed by atoms with van der Waals surface area (Å²) >= 11 is 0. The van der Waals surface area contributed by atoms with Crippen LogP contribution in [0.3, 0.4) is 0 Å². The maximum atomic E-state index is 14.4. The van der Waals surface area contributed by atoms with Gasteiger partial charge in [-0.05, 0) is 48.2 Å². The van der Waals surface area contributed by atoms with Gasteiger partial charge in [-0.25, -0.2) is 0 Å². The van der Waals surface area contributed by atoms with Gasteiger partial charge in [0.1, 0.15) is 11.5 Å². The molecule has 0 aliphatic heterocycles. The van der Waals surface area contributed by atoms with E-state index in [4.69, 9.17) is 0 Å². The molecule has 3 rings (SSSR count). The van der Waals surface area contributed by atoms with Crippen LogP contribution in [0.15, 0.2) is 48.5 Å². The predicted molar refractivity (Wildman–Crippen MR) is 95.0 cm³/mol. The highest BCUT2D eigenvalue weighted by molar-refractivity contribution is 5.50. The SMILES string of the molecule is Oc1ccc(C2(c3ccc(O)cc3)C(CF)(CF)CCC2(CF)CF)cc1. The lowest BCUT2D eigenvalue weighted by atomic mass is 9.51. The Morgan fingerprint density at radius 3 is 1.15 bits per heavy atom. The molecule has 1 fully saturated rings. The Balaban J connectivity index is 2.44. The molecule has 27 heavy (non-hydrogen) atoms. The molecule has 0 heterocycles. The minimum absolute atomic E-state index is 0.0183. The fourth-order valence-electron chi connectivity index (χ4n) is 4.97. The lowest BCUT2D eigenvalue weighted by Crippen LogP contribution is -2.56. The first-order chi connectivity index (χ1) is 12.9. The topological polar surface area (TPSA) is 40.5 Å². The van der Waals surface area contributed by atoms with Gasteiger partial charge in [-0.15, -0.1) is 0 Å². The molecular weight excluding hydrogens is 360 g/mol. The van der Waals surface area contributed by atoms with E-state index in [1.165, 1.54) is 48.5 Å². The Kier molecular flexibility index (Phi) is 5.10. The number of rotatable bonds is 6. The second-order valence-corrected chi connectivity index (χ2v) is 7.44. The van der Waals surface area contributed by atoms with E-state index in [2.05, 4.69) is 0 Å². The van der Waals surface area contributed by atoms with Gasteiger partial charge in [0.2, 0.25) is 0 Å². The quantitative estimate of drug-likeness (QED) is 0.688. The van der Waals surface area contributed by atoms with E-state index in [0.29, 0.717) is 11.1 Å². The van der Waals surface area contributed by atoms with Crippen molar-refractivity contribution < 1.29 is 27.8 Å². The monoisotopic (exact) mass is 382 g/mol. The molecule has 0 saturated heterocycles. The summed E-state index contributed by atoms with van der Waals surface area (Å²) in [5.74, 6) is -0.121. The average Bonchev–Trinajstić information content (AvgIpc) is 3.01. The van der Waals surface area contributed by atoms with Gasteiger partial charge in [-0.3, -0.25) is 17.6 Å². The molecule has 1 aliphatic rings. The fraction of sp³-hybridized carbons (Fsp3) is 0.429. The van der Waals surface area contributed by atoms with Gasteiger partial charge in [-0.2, -0.15) is 0 Å². The third-order valence-corrected chi connectivity index (χ3v) is 6.30. The standard InChI is InChI=1S/C21H22F4O2/c22-11-19(12-23)9-10-20(13-24,14-25)21(19,15-1-5-17(26)6-2-15)16-3-7-18(27)8-4-16/h1-8,26-27H,9-14H2. The van der Waals surface area contributed by atoms with Crippen LogP contribution in [0.5, 0.6) is 11.5 Å². The molecular formula is C21H22F4O2. The highest BCUT2D eigenvalue weighted by atomic mass is 19.1. The van der Waals surface area contributed by atoms with Gasteiger partial charge in [0, 0.05) is 16.2 Å². The summed E-state index contributed by atoms with van der Waals surface area (Å²) in [5.41, 5.74) is -4.25. The third kappa shape index (κ3) is 2.52. The van der Waals surface area contributed by atoms with Crippen LogP contribution in [0, 0.1) is 10.8 Å². The summed E-state index contributed by atoms with van der Waals surface area (Å²) in [7, 11) is 0. The molecule has 2 N–H and O–H groups in total. The maximum Gasteiger partial charge on any atom is 0.115 e. The number of phenols is 2. The summed E-state index contributed by atoms with van der Waals surface area (Å²) in [6, 6.07) is 11.2. The van der Waals surface area contributed by atoms with E-state index in [1.54, 1.807) is 0 Å². The molecule has 0 unspecified atom stereocenters. The van der Waals surface area contributed by atoms with Gasteiger partial charge in [0.15, 0.2) is 0 Å². The Morgan fingerprint density at radius 1 is 0.593 bits per heavy atom. The molecule has 1 saturated carbocycles. The van der Waals surface area contributed by atoms with E-state index >= 15 is 0 Å². The average molecular weight is 382 g/mol. The van der Waals surface area contributed by atoms with E-state index in [1.807, 2.05) is 0 Å². The van der Waals surface area contributed by atoms with Crippen molar-refractivity contribution in [2.24, 2.45) is 10.8 Å². The number of alkyl halides is 4. The van der Waals surface area contributed by atoms with Crippen LogP contribution in [0.2, 0.25) is 0 Å². The molecule has 0 atom stereocenters. The van der Waals surface area contributed by atoms with Crippen LogP contribution < -0.4 is 0 Å². The Bertz CT molecular complexity index is 698. The molecule has 0 bridgehead atoms. The summed E-state index contributed by atoms with van der Waals surface area (Å²) in [4.78, 5) is 0. The fourth-order valence-corrected chi connectivity index (χ4v) is 4.97. The molecule has 2 aromatic carbocycles. The highest BCUT2D eigenvalue weighted by Crippen LogP contribution is 2.67. The minimum Gasteiger partial charge on any atom is -0.508 e. The zero-order chi connectivity index (χ0) is 19.7. The maximum absolute atomic E-state index is 14.4. The first-order valence-corrected chi connectivity index (χ1v) is 8.78. The number of benzene rings is 2. The van der Waals surface area contributed by atoms with Crippen molar-refractivity contribution >= 4 is 0 Å². The summed E-state index contributed by atoms with van der Waals surface area (Å²) in [6.07, 6.45) is -0.0365. The van der Waals surface area contributed by atoms with Crippen LogP contribution in [0.4, 0.5) is 17.6 Å². The number of phenolic OH excluding ortho intramolecular Hbond substituents is 2. The summed E-state index contributed by atoms with van der Waals surface area (Å²) in [5, 5.41) is 19.3.